The third kappa shape index (κ3) is 6.86. The average molecular weight is 347 g/mol. The molecule has 3 amide bonds. The summed E-state index contributed by atoms with van der Waals surface area (Å²) in [5.74, 6) is 0.219. The van der Waals surface area contributed by atoms with Crippen molar-refractivity contribution in [2.24, 2.45) is 0 Å². The van der Waals surface area contributed by atoms with Gasteiger partial charge in [0.1, 0.15) is 0 Å². The van der Waals surface area contributed by atoms with Crippen molar-refractivity contribution in [1.82, 2.24) is 15.5 Å². The van der Waals surface area contributed by atoms with Gasteiger partial charge in [-0.1, -0.05) is 0 Å². The Balaban J connectivity index is 2.05. The van der Waals surface area contributed by atoms with Gasteiger partial charge >= 0.3 is 14.8 Å². The van der Waals surface area contributed by atoms with Crippen molar-refractivity contribution < 1.29 is 22.9 Å². The second-order valence-corrected chi connectivity index (χ2v) is 8.51. The van der Waals surface area contributed by atoms with E-state index in [9.17, 15) is 9.59 Å². The average Bonchev–Trinajstić information content (AvgIpc) is 2.97. The number of nitrogens with one attached hydrogen (secondary N) is 2. The maximum Gasteiger partial charge on any atom is 0.500 e. The summed E-state index contributed by atoms with van der Waals surface area (Å²) in [5, 5.41) is 5.58. The van der Waals surface area contributed by atoms with Gasteiger partial charge in [-0.15, -0.1) is 0 Å². The van der Waals surface area contributed by atoms with E-state index in [2.05, 4.69) is 10.6 Å². The Kier molecular flexibility index (Phi) is 9.15. The van der Waals surface area contributed by atoms with Crippen LogP contribution in [0.1, 0.15) is 25.7 Å². The first kappa shape index (κ1) is 19.9. The van der Waals surface area contributed by atoms with Crippen LogP contribution >= 0.6 is 0 Å². The summed E-state index contributed by atoms with van der Waals surface area (Å²) in [5.41, 5.74) is 0. The molecule has 2 N–H and O–H groups in total. The highest BCUT2D eigenvalue weighted by atomic mass is 28.4. The molecular weight excluding hydrogens is 318 g/mol. The Morgan fingerprint density at radius 1 is 1.13 bits per heavy atom. The van der Waals surface area contributed by atoms with E-state index in [4.69, 9.17) is 13.3 Å². The molecule has 1 aliphatic heterocycles. The van der Waals surface area contributed by atoms with Gasteiger partial charge in [0.05, 0.1) is 0 Å². The molecule has 9 heteroatoms. The molecule has 134 valence electrons. The standard InChI is InChI=1S/C14H29N3O5Si/c1-20-23(21-2,22-3)12-6-9-16-14(19)15-8-5-11-17-10-4-7-13(17)18/h4-12H2,1-3H3,(H2,15,16,19). The molecule has 0 atom stereocenters. The fourth-order valence-electron chi connectivity index (χ4n) is 2.54. The number of likely N-dealkylation sites (tertiary alicyclic amines) is 1. The van der Waals surface area contributed by atoms with Crippen LogP contribution in [0.5, 0.6) is 0 Å². The topological polar surface area (TPSA) is 89.1 Å². The van der Waals surface area contributed by atoms with Gasteiger partial charge in [-0.2, -0.15) is 0 Å². The van der Waals surface area contributed by atoms with Crippen molar-refractivity contribution in [1.29, 1.82) is 0 Å². The summed E-state index contributed by atoms with van der Waals surface area (Å²) < 4.78 is 15.9. The molecule has 23 heavy (non-hydrogen) atoms. The lowest BCUT2D eigenvalue weighted by molar-refractivity contribution is -0.127. The van der Waals surface area contributed by atoms with E-state index in [1.54, 1.807) is 21.3 Å². The molecule has 0 radical (unpaired) electrons. The molecule has 0 aromatic carbocycles. The van der Waals surface area contributed by atoms with Gasteiger partial charge in [0.25, 0.3) is 0 Å². The van der Waals surface area contributed by atoms with Crippen LogP contribution in [-0.4, -0.2) is 73.2 Å². The minimum atomic E-state index is -2.55. The van der Waals surface area contributed by atoms with Gasteiger partial charge in [-0.3, -0.25) is 4.79 Å². The SMILES string of the molecule is CO[Si](CCCNC(=O)NCCCN1CCCC1=O)(OC)OC. The molecule has 0 bridgehead atoms. The summed E-state index contributed by atoms with van der Waals surface area (Å²) in [6.45, 7) is 2.64. The van der Waals surface area contributed by atoms with Crippen molar-refractivity contribution in [2.75, 3.05) is 47.5 Å². The van der Waals surface area contributed by atoms with E-state index in [-0.39, 0.29) is 11.9 Å². The zero-order chi connectivity index (χ0) is 17.1. The third-order valence-corrected chi connectivity index (χ3v) is 6.77. The van der Waals surface area contributed by atoms with Gasteiger partial charge in [-0.25, -0.2) is 4.79 Å². The molecular formula is C14H29N3O5Si. The molecule has 1 aliphatic rings. The van der Waals surface area contributed by atoms with E-state index in [0.717, 1.165) is 25.8 Å². The molecule has 0 saturated carbocycles. The summed E-state index contributed by atoms with van der Waals surface area (Å²) in [4.78, 5) is 24.9. The van der Waals surface area contributed by atoms with E-state index in [1.807, 2.05) is 4.90 Å². The van der Waals surface area contributed by atoms with Crippen molar-refractivity contribution in [3.8, 4) is 0 Å². The second kappa shape index (κ2) is 10.6. The highest BCUT2D eigenvalue weighted by molar-refractivity contribution is 6.60. The molecule has 1 fully saturated rings. The maximum absolute atomic E-state index is 11.7. The molecule has 8 nitrogen and oxygen atoms in total. The second-order valence-electron chi connectivity index (χ2n) is 5.42. The molecule has 1 saturated heterocycles. The predicted octanol–water partition coefficient (Wildman–Crippen LogP) is 0.566. The van der Waals surface area contributed by atoms with Gasteiger partial charge in [0, 0.05) is 60.0 Å². The quantitative estimate of drug-likeness (QED) is 0.421. The fourth-order valence-corrected chi connectivity index (χ4v) is 4.26. The molecule has 0 spiro atoms. The monoisotopic (exact) mass is 347 g/mol. The zero-order valence-corrected chi connectivity index (χ0v) is 15.4. The molecule has 0 aliphatic carbocycles. The summed E-state index contributed by atoms with van der Waals surface area (Å²) in [6.07, 6.45) is 3.09. The number of urea groups is 1. The number of carbonyl (C=O) groups excluding carboxylic acids is 2. The van der Waals surface area contributed by atoms with Crippen LogP contribution in [0.4, 0.5) is 4.79 Å². The van der Waals surface area contributed by atoms with Crippen molar-refractivity contribution in [3.05, 3.63) is 0 Å². The molecule has 1 heterocycles. The maximum atomic E-state index is 11.7. The normalized spacial score (nSPS) is 15.1. The number of hydrogen-bond acceptors (Lipinski definition) is 5. The number of nitrogens with zero attached hydrogens (tertiary/aromatic N) is 1. The van der Waals surface area contributed by atoms with Crippen molar-refractivity contribution in [3.63, 3.8) is 0 Å². The van der Waals surface area contributed by atoms with Gasteiger partial charge in [0.2, 0.25) is 5.91 Å². The fraction of sp³-hybridized carbons (Fsp3) is 0.857. The van der Waals surface area contributed by atoms with E-state index < -0.39 is 8.80 Å². The van der Waals surface area contributed by atoms with Crippen molar-refractivity contribution in [2.45, 2.75) is 31.7 Å². The highest BCUT2D eigenvalue weighted by Gasteiger charge is 2.36. The Morgan fingerprint density at radius 3 is 2.26 bits per heavy atom. The minimum absolute atomic E-state index is 0.197. The lowest BCUT2D eigenvalue weighted by atomic mass is 10.4. The van der Waals surface area contributed by atoms with Crippen LogP contribution in [0, 0.1) is 0 Å². The Hall–Kier alpha value is -1.16. The van der Waals surface area contributed by atoms with Crippen LogP contribution in [0.25, 0.3) is 0 Å². The van der Waals surface area contributed by atoms with Crippen molar-refractivity contribution >= 4 is 20.7 Å². The van der Waals surface area contributed by atoms with Crippen LogP contribution < -0.4 is 10.6 Å². The highest BCUT2D eigenvalue weighted by Crippen LogP contribution is 2.14. The molecule has 0 aromatic rings. The minimum Gasteiger partial charge on any atom is -0.377 e. The van der Waals surface area contributed by atoms with Crippen LogP contribution in [0.2, 0.25) is 6.04 Å². The predicted molar refractivity (Wildman–Crippen MR) is 88.0 cm³/mol. The smallest absolute Gasteiger partial charge is 0.377 e. The van der Waals surface area contributed by atoms with Gasteiger partial charge in [0.15, 0.2) is 0 Å². The van der Waals surface area contributed by atoms with E-state index in [0.29, 0.717) is 32.1 Å². The lowest BCUT2D eigenvalue weighted by Crippen LogP contribution is -2.44. The first-order valence-corrected chi connectivity index (χ1v) is 9.95. The first-order chi connectivity index (χ1) is 11.1. The third-order valence-electron chi connectivity index (χ3n) is 3.94. The lowest BCUT2D eigenvalue weighted by Gasteiger charge is -2.24. The number of amides is 3. The summed E-state index contributed by atoms with van der Waals surface area (Å²) in [7, 11) is 2.17. The molecule has 1 rings (SSSR count). The number of hydrogen-bond donors (Lipinski definition) is 2. The first-order valence-electron chi connectivity index (χ1n) is 8.02. The van der Waals surface area contributed by atoms with E-state index in [1.165, 1.54) is 0 Å². The van der Waals surface area contributed by atoms with E-state index >= 15 is 0 Å². The van der Waals surface area contributed by atoms with Crippen LogP contribution in [-0.2, 0) is 18.1 Å². The summed E-state index contributed by atoms with van der Waals surface area (Å²) >= 11 is 0. The van der Waals surface area contributed by atoms with Gasteiger partial charge in [-0.05, 0) is 19.3 Å². The molecule has 0 aromatic heterocycles. The summed E-state index contributed by atoms with van der Waals surface area (Å²) in [6, 6.07) is 0.450. The van der Waals surface area contributed by atoms with Crippen LogP contribution in [0.3, 0.4) is 0 Å². The zero-order valence-electron chi connectivity index (χ0n) is 14.4. The number of rotatable bonds is 11. The van der Waals surface area contributed by atoms with Gasteiger partial charge < -0.3 is 28.8 Å². The Labute approximate surface area is 139 Å². The largest absolute Gasteiger partial charge is 0.500 e. The Bertz CT molecular complexity index is 371. The molecule has 0 unspecified atom stereocenters. The Morgan fingerprint density at radius 2 is 1.74 bits per heavy atom. The van der Waals surface area contributed by atoms with Crippen LogP contribution in [0.15, 0.2) is 0 Å². The number of carbonyl (C=O) groups is 2.